The second-order valence-corrected chi connectivity index (χ2v) is 4.36. The van der Waals surface area contributed by atoms with E-state index in [-0.39, 0.29) is 5.69 Å². The van der Waals surface area contributed by atoms with Gasteiger partial charge in [0, 0.05) is 6.04 Å². The van der Waals surface area contributed by atoms with Crippen LogP contribution in [-0.4, -0.2) is 22.1 Å². The van der Waals surface area contributed by atoms with Gasteiger partial charge >= 0.3 is 5.97 Å². The van der Waals surface area contributed by atoms with Gasteiger partial charge in [0.15, 0.2) is 5.69 Å². The lowest BCUT2D eigenvalue weighted by Gasteiger charge is -2.28. The van der Waals surface area contributed by atoms with E-state index in [0.29, 0.717) is 18.0 Å². The number of aromatic nitrogens is 1. The zero-order valence-corrected chi connectivity index (χ0v) is 9.27. The van der Waals surface area contributed by atoms with Crippen LogP contribution in [-0.2, 0) is 0 Å². The fourth-order valence-electron chi connectivity index (χ4n) is 2.13. The van der Waals surface area contributed by atoms with Crippen LogP contribution in [0.4, 0.5) is 6.01 Å². The molecule has 16 heavy (non-hydrogen) atoms. The number of oxazole rings is 1. The van der Waals surface area contributed by atoms with E-state index in [1.165, 1.54) is 19.3 Å². The Labute approximate surface area is 93.9 Å². The van der Waals surface area contributed by atoms with Crippen molar-refractivity contribution < 1.29 is 14.3 Å². The maximum absolute atomic E-state index is 10.6. The van der Waals surface area contributed by atoms with Crippen molar-refractivity contribution in [2.24, 2.45) is 5.92 Å². The van der Waals surface area contributed by atoms with Crippen LogP contribution in [0.25, 0.3) is 0 Å². The summed E-state index contributed by atoms with van der Waals surface area (Å²) < 4.78 is 5.07. The van der Waals surface area contributed by atoms with E-state index in [1.54, 1.807) is 0 Å². The number of carboxylic acids is 1. The molecule has 0 spiro atoms. The summed E-state index contributed by atoms with van der Waals surface area (Å²) in [6.07, 6.45) is 5.92. The lowest BCUT2D eigenvalue weighted by Crippen LogP contribution is -2.30. The third-order valence-corrected chi connectivity index (χ3v) is 3.14. The van der Waals surface area contributed by atoms with Crippen molar-refractivity contribution in [1.82, 2.24) is 4.98 Å². The van der Waals surface area contributed by atoms with Gasteiger partial charge in [-0.2, -0.15) is 4.98 Å². The number of nitrogens with zero attached hydrogens (tertiary/aromatic N) is 1. The predicted molar refractivity (Wildman–Crippen MR) is 58.5 cm³/mol. The Hall–Kier alpha value is -1.52. The summed E-state index contributed by atoms with van der Waals surface area (Å²) in [5.41, 5.74) is -0.0500. The first kappa shape index (κ1) is 11.0. The van der Waals surface area contributed by atoms with Gasteiger partial charge < -0.3 is 14.8 Å². The molecule has 5 nitrogen and oxygen atoms in total. The molecule has 2 unspecified atom stereocenters. The standard InChI is InChI=1S/C11H16N2O3/c1-7-4-2-3-5-8(7)12-11-13-9(6-16-11)10(14)15/h6-8H,2-5H2,1H3,(H,12,13)(H,14,15). The first-order chi connectivity index (χ1) is 7.66. The van der Waals surface area contributed by atoms with Crippen LogP contribution in [0.2, 0.25) is 0 Å². The van der Waals surface area contributed by atoms with Crippen molar-refractivity contribution in [3.05, 3.63) is 12.0 Å². The average Bonchev–Trinajstić information content (AvgIpc) is 2.70. The molecule has 1 heterocycles. The molecule has 1 aliphatic rings. The Kier molecular flexibility index (Phi) is 3.12. The van der Waals surface area contributed by atoms with Crippen molar-refractivity contribution in [3.8, 4) is 0 Å². The summed E-state index contributed by atoms with van der Waals surface area (Å²) in [7, 11) is 0. The molecule has 1 saturated carbocycles. The van der Waals surface area contributed by atoms with E-state index in [1.807, 2.05) is 0 Å². The highest BCUT2D eigenvalue weighted by molar-refractivity contribution is 5.85. The Bertz CT molecular complexity index is 375. The van der Waals surface area contributed by atoms with Crippen molar-refractivity contribution in [2.45, 2.75) is 38.6 Å². The van der Waals surface area contributed by atoms with E-state index < -0.39 is 5.97 Å². The second kappa shape index (κ2) is 4.55. The van der Waals surface area contributed by atoms with E-state index in [4.69, 9.17) is 9.52 Å². The number of rotatable bonds is 3. The average molecular weight is 224 g/mol. The van der Waals surface area contributed by atoms with Crippen LogP contribution in [0.15, 0.2) is 10.7 Å². The number of nitrogens with one attached hydrogen (secondary N) is 1. The molecule has 0 bridgehead atoms. The predicted octanol–water partition coefficient (Wildman–Crippen LogP) is 2.36. The number of hydrogen-bond donors (Lipinski definition) is 2. The summed E-state index contributed by atoms with van der Waals surface area (Å²) in [5.74, 6) is -0.484. The Morgan fingerprint density at radius 2 is 2.31 bits per heavy atom. The van der Waals surface area contributed by atoms with Gasteiger partial charge in [-0.05, 0) is 18.8 Å². The molecule has 1 aromatic heterocycles. The quantitative estimate of drug-likeness (QED) is 0.824. The number of carbonyl (C=O) groups is 1. The molecule has 2 rings (SSSR count). The highest BCUT2D eigenvalue weighted by Crippen LogP contribution is 2.26. The summed E-state index contributed by atoms with van der Waals surface area (Å²) in [6, 6.07) is 0.658. The smallest absolute Gasteiger partial charge is 0.357 e. The maximum atomic E-state index is 10.6. The van der Waals surface area contributed by atoms with Crippen LogP contribution in [0.1, 0.15) is 43.1 Å². The molecular weight excluding hydrogens is 208 g/mol. The van der Waals surface area contributed by atoms with Gasteiger partial charge in [0.1, 0.15) is 6.26 Å². The van der Waals surface area contributed by atoms with Gasteiger partial charge in [-0.25, -0.2) is 4.79 Å². The van der Waals surface area contributed by atoms with E-state index in [0.717, 1.165) is 12.7 Å². The van der Waals surface area contributed by atoms with Gasteiger partial charge in [0.2, 0.25) is 0 Å². The van der Waals surface area contributed by atoms with E-state index in [9.17, 15) is 4.79 Å². The number of hydrogen-bond acceptors (Lipinski definition) is 4. The van der Waals surface area contributed by atoms with Crippen molar-refractivity contribution in [2.75, 3.05) is 5.32 Å². The molecule has 2 atom stereocenters. The zero-order chi connectivity index (χ0) is 11.5. The molecule has 88 valence electrons. The second-order valence-electron chi connectivity index (χ2n) is 4.36. The van der Waals surface area contributed by atoms with Gasteiger partial charge in [-0.15, -0.1) is 0 Å². The highest BCUT2D eigenvalue weighted by atomic mass is 16.4. The van der Waals surface area contributed by atoms with Crippen molar-refractivity contribution in [3.63, 3.8) is 0 Å². The molecule has 5 heteroatoms. The minimum absolute atomic E-state index is 0.0500. The van der Waals surface area contributed by atoms with Gasteiger partial charge in [-0.3, -0.25) is 0 Å². The molecule has 0 amide bonds. The maximum Gasteiger partial charge on any atom is 0.357 e. The van der Waals surface area contributed by atoms with E-state index in [2.05, 4.69) is 17.2 Å². The summed E-state index contributed by atoms with van der Waals surface area (Å²) >= 11 is 0. The fraction of sp³-hybridized carbons (Fsp3) is 0.636. The van der Waals surface area contributed by atoms with Crippen molar-refractivity contribution >= 4 is 12.0 Å². The number of anilines is 1. The molecule has 1 fully saturated rings. The van der Waals surface area contributed by atoms with Crippen LogP contribution in [0.3, 0.4) is 0 Å². The molecule has 1 aromatic rings. The summed E-state index contributed by atoms with van der Waals surface area (Å²) in [5, 5.41) is 11.9. The molecule has 2 N–H and O–H groups in total. The highest BCUT2D eigenvalue weighted by Gasteiger charge is 2.22. The molecule has 0 aromatic carbocycles. The van der Waals surface area contributed by atoms with Gasteiger partial charge in [0.05, 0.1) is 0 Å². The summed E-state index contributed by atoms with van der Waals surface area (Å²) in [6.45, 7) is 2.19. The molecule has 0 saturated heterocycles. The molecule has 1 aliphatic carbocycles. The topological polar surface area (TPSA) is 75.4 Å². The monoisotopic (exact) mass is 224 g/mol. The largest absolute Gasteiger partial charge is 0.476 e. The minimum atomic E-state index is -1.06. The van der Waals surface area contributed by atoms with Crippen LogP contribution in [0.5, 0.6) is 0 Å². The minimum Gasteiger partial charge on any atom is -0.476 e. The third-order valence-electron chi connectivity index (χ3n) is 3.14. The Morgan fingerprint density at radius 3 is 2.94 bits per heavy atom. The fourth-order valence-corrected chi connectivity index (χ4v) is 2.13. The number of aromatic carboxylic acids is 1. The first-order valence-electron chi connectivity index (χ1n) is 5.62. The van der Waals surface area contributed by atoms with Crippen LogP contribution >= 0.6 is 0 Å². The molecular formula is C11H16N2O3. The van der Waals surface area contributed by atoms with Crippen LogP contribution in [0, 0.1) is 5.92 Å². The van der Waals surface area contributed by atoms with Gasteiger partial charge in [-0.1, -0.05) is 19.8 Å². The number of carboxylic acid groups (broad SMARTS) is 1. The molecule has 0 aliphatic heterocycles. The Balaban J connectivity index is 1.99. The normalized spacial score (nSPS) is 25.3. The SMILES string of the molecule is CC1CCCCC1Nc1nc(C(=O)O)co1. The first-order valence-corrected chi connectivity index (χ1v) is 5.62. The van der Waals surface area contributed by atoms with E-state index >= 15 is 0 Å². The van der Waals surface area contributed by atoms with Crippen molar-refractivity contribution in [1.29, 1.82) is 0 Å². The molecule has 0 radical (unpaired) electrons. The summed E-state index contributed by atoms with van der Waals surface area (Å²) in [4.78, 5) is 14.5. The Morgan fingerprint density at radius 1 is 1.56 bits per heavy atom. The lowest BCUT2D eigenvalue weighted by atomic mass is 9.86. The van der Waals surface area contributed by atoms with Crippen LogP contribution < -0.4 is 5.32 Å². The zero-order valence-electron chi connectivity index (χ0n) is 9.27. The van der Waals surface area contributed by atoms with Gasteiger partial charge in [0.25, 0.3) is 6.01 Å². The third kappa shape index (κ3) is 2.35. The lowest BCUT2D eigenvalue weighted by molar-refractivity contribution is 0.0690.